The maximum absolute atomic E-state index is 9.33. The molecule has 0 aromatic heterocycles. The van der Waals surface area contributed by atoms with Crippen LogP contribution < -0.4 is 0 Å². The zero-order valence-corrected chi connectivity index (χ0v) is 6.55. The molecule has 0 aliphatic heterocycles. The van der Waals surface area contributed by atoms with Gasteiger partial charge in [-0.1, -0.05) is 0 Å². The summed E-state index contributed by atoms with van der Waals surface area (Å²) < 4.78 is 7.94. The van der Waals surface area contributed by atoms with Gasteiger partial charge in [0.2, 0.25) is 0 Å². The van der Waals surface area contributed by atoms with E-state index >= 15 is 0 Å². The van der Waals surface area contributed by atoms with Crippen molar-refractivity contribution < 1.29 is 29.4 Å². The van der Waals surface area contributed by atoms with E-state index in [1.54, 1.807) is 6.92 Å². The van der Waals surface area contributed by atoms with Gasteiger partial charge in [0.15, 0.2) is 0 Å². The summed E-state index contributed by atoms with van der Waals surface area (Å²) in [4.78, 5) is 9.33. The average Bonchev–Trinajstić information content (AvgIpc) is 1.71. The fourth-order valence-electron chi connectivity index (χ4n) is 0. The minimum absolute atomic E-state index is 0.0833. The van der Waals surface area contributed by atoms with E-state index in [0.29, 0.717) is 0 Å². The molecule has 0 amide bonds. The zero-order valence-electron chi connectivity index (χ0n) is 5.51. The predicted octanol–water partition coefficient (Wildman–Crippen LogP) is 0.287. The second kappa shape index (κ2) is 25.0. The minimum atomic E-state index is -0.0833. The Morgan fingerprint density at radius 2 is 1.67 bits per heavy atom. The number of ketones is 1. The molecule has 0 heterocycles. The van der Waals surface area contributed by atoms with Gasteiger partial charge in [0, 0.05) is 6.61 Å². The first-order valence-electron chi connectivity index (χ1n) is 2.22. The third kappa shape index (κ3) is 7030. The molecular weight excluding hydrogens is 167 g/mol. The second-order valence-corrected chi connectivity index (χ2v) is 1.02. The van der Waals surface area contributed by atoms with Crippen molar-refractivity contribution >= 4 is 5.78 Å². The van der Waals surface area contributed by atoms with Crippen molar-refractivity contribution in [3.8, 4) is 0 Å². The normalized spacial score (nSPS) is 5.33. The van der Waals surface area contributed by atoms with Crippen LogP contribution in [-0.2, 0) is 24.3 Å². The van der Waals surface area contributed by atoms with Crippen LogP contribution in [0.4, 0.5) is 0 Å². The summed E-state index contributed by atoms with van der Waals surface area (Å²) in [5.41, 5.74) is 0. The fourth-order valence-corrected chi connectivity index (χ4v) is 0. The van der Waals surface area contributed by atoms with E-state index in [1.165, 1.54) is 6.92 Å². The van der Waals surface area contributed by atoms with Gasteiger partial charge >= 0.3 is 19.5 Å². The molecule has 0 aromatic carbocycles. The Balaban J connectivity index is -0.0000000646. The van der Waals surface area contributed by atoms with E-state index in [2.05, 4.69) is 22.6 Å². The first-order chi connectivity index (χ1) is 4.15. The topological polar surface area (TPSA) is 54.4 Å². The van der Waals surface area contributed by atoms with Crippen LogP contribution in [0, 0.1) is 6.92 Å². The first kappa shape index (κ1) is 15.9. The molecule has 0 saturated carbocycles. The second-order valence-electron chi connectivity index (χ2n) is 1.02. The van der Waals surface area contributed by atoms with E-state index in [-0.39, 0.29) is 12.4 Å². The SMILES string of the molecule is CCO.[CH2-]C(C)=O.[O]=[Co]. The number of hydrogen-bond acceptors (Lipinski definition) is 3. The van der Waals surface area contributed by atoms with Gasteiger partial charge in [-0.05, 0) is 19.6 Å². The van der Waals surface area contributed by atoms with Crippen LogP contribution in [0.1, 0.15) is 13.8 Å². The number of aliphatic hydroxyl groups is 1. The molecule has 0 aliphatic carbocycles. The molecule has 59 valence electrons. The first-order valence-corrected chi connectivity index (χ1v) is 2.64. The Hall–Kier alpha value is -0.194. The summed E-state index contributed by atoms with van der Waals surface area (Å²) in [5.74, 6) is -0.0833. The van der Waals surface area contributed by atoms with Gasteiger partial charge in [0.1, 0.15) is 0 Å². The zero-order chi connectivity index (χ0) is 8.28. The number of hydrogen-bond donors (Lipinski definition) is 1. The summed E-state index contributed by atoms with van der Waals surface area (Å²) in [6.45, 7) is 6.35. The van der Waals surface area contributed by atoms with E-state index in [4.69, 9.17) is 8.97 Å². The van der Waals surface area contributed by atoms with Crippen molar-refractivity contribution in [1.29, 1.82) is 0 Å². The molecule has 0 aliphatic rings. The van der Waals surface area contributed by atoms with Crippen molar-refractivity contribution in [1.82, 2.24) is 0 Å². The summed E-state index contributed by atoms with van der Waals surface area (Å²) in [5, 5.41) is 7.57. The summed E-state index contributed by atoms with van der Waals surface area (Å²) in [6.07, 6.45) is 0. The molecule has 9 heavy (non-hydrogen) atoms. The standard InChI is InChI=1S/C3H5O.C2H6O.Co.O/c1-3(2)4;1-2-3;;/h1H2,2H3;3H,2H2,1H3;;/q-1;;;. The summed E-state index contributed by atoms with van der Waals surface area (Å²) in [6, 6.07) is 0. The molecule has 0 unspecified atom stereocenters. The van der Waals surface area contributed by atoms with Crippen LogP contribution in [-0.4, -0.2) is 17.5 Å². The molecule has 0 fully saturated rings. The van der Waals surface area contributed by atoms with Gasteiger partial charge < -0.3 is 16.8 Å². The molecular formula is C5H11CoO3-. The molecule has 0 spiro atoms. The third-order valence-electron chi connectivity index (χ3n) is 0. The molecule has 0 rings (SSSR count). The van der Waals surface area contributed by atoms with Gasteiger partial charge in [0.25, 0.3) is 0 Å². The van der Waals surface area contributed by atoms with Gasteiger partial charge in [-0.25, -0.2) is 0 Å². The van der Waals surface area contributed by atoms with Gasteiger partial charge in [-0.2, -0.15) is 0 Å². The van der Waals surface area contributed by atoms with E-state index in [9.17, 15) is 4.79 Å². The quantitative estimate of drug-likeness (QED) is 0.542. The number of Topliss-reactive ketones (excluding diaryl/α,β-unsaturated/α-hetero) is 1. The summed E-state index contributed by atoms with van der Waals surface area (Å²) >= 11 is 2.31. The summed E-state index contributed by atoms with van der Waals surface area (Å²) in [7, 11) is 0. The Bertz CT molecular complexity index is 52.2. The van der Waals surface area contributed by atoms with Crippen molar-refractivity contribution in [2.24, 2.45) is 0 Å². The monoisotopic (exact) mass is 178 g/mol. The van der Waals surface area contributed by atoms with E-state index in [0.717, 1.165) is 0 Å². The molecule has 3 nitrogen and oxygen atoms in total. The number of carbonyl (C=O) groups excluding carboxylic acids is 1. The number of carbonyl (C=O) groups is 1. The van der Waals surface area contributed by atoms with E-state index in [1.807, 2.05) is 0 Å². The molecule has 0 radical (unpaired) electrons. The predicted molar refractivity (Wildman–Crippen MR) is 29.5 cm³/mol. The Labute approximate surface area is 63.2 Å². The van der Waals surface area contributed by atoms with Crippen LogP contribution >= 0.6 is 0 Å². The fraction of sp³-hybridized carbons (Fsp3) is 0.600. The third-order valence-corrected chi connectivity index (χ3v) is 0. The van der Waals surface area contributed by atoms with Crippen molar-refractivity contribution in [3.63, 3.8) is 0 Å². The van der Waals surface area contributed by atoms with Gasteiger partial charge in [-0.3, -0.25) is 0 Å². The van der Waals surface area contributed by atoms with Crippen LogP contribution in [0.3, 0.4) is 0 Å². The molecule has 0 saturated heterocycles. The molecule has 1 N–H and O–H groups in total. The Kier molecular flexibility index (Phi) is 44.1. The van der Waals surface area contributed by atoms with Crippen molar-refractivity contribution in [2.75, 3.05) is 6.61 Å². The van der Waals surface area contributed by atoms with Crippen LogP contribution in [0.5, 0.6) is 0 Å². The molecule has 0 aromatic rings. The number of aliphatic hydroxyl groups excluding tert-OH is 1. The average molecular weight is 178 g/mol. The van der Waals surface area contributed by atoms with Crippen LogP contribution in [0.2, 0.25) is 0 Å². The number of rotatable bonds is 0. The molecule has 0 bridgehead atoms. The maximum atomic E-state index is 9.33. The Morgan fingerprint density at radius 1 is 1.67 bits per heavy atom. The van der Waals surface area contributed by atoms with Crippen molar-refractivity contribution in [3.05, 3.63) is 6.92 Å². The molecule has 0 atom stereocenters. The van der Waals surface area contributed by atoms with Crippen LogP contribution in [0.15, 0.2) is 0 Å². The van der Waals surface area contributed by atoms with Crippen LogP contribution in [0.25, 0.3) is 0 Å². The molecule has 4 heteroatoms. The van der Waals surface area contributed by atoms with E-state index < -0.39 is 0 Å². The van der Waals surface area contributed by atoms with Gasteiger partial charge in [0.05, 0.1) is 0 Å². The Morgan fingerprint density at radius 3 is 1.67 bits per heavy atom. The van der Waals surface area contributed by atoms with Crippen molar-refractivity contribution in [2.45, 2.75) is 13.8 Å². The van der Waals surface area contributed by atoms with Gasteiger partial charge in [-0.15, -0.1) is 0 Å².